The zero-order valence-electron chi connectivity index (χ0n) is 11.9. The second kappa shape index (κ2) is 5.08. The van der Waals surface area contributed by atoms with Crippen molar-refractivity contribution in [2.75, 3.05) is 12.5 Å². The maximum absolute atomic E-state index is 11.8. The molecule has 2 aromatic carbocycles. The fourth-order valence-corrected chi connectivity index (χ4v) is 3.67. The number of rotatable bonds is 2. The molecule has 5 nitrogen and oxygen atoms in total. The SMILES string of the molecule is CNC(=O)c1ccc2c(c1)C(c1nc3ccccc3s1)NN2. The average molecular weight is 310 g/mol. The Balaban J connectivity index is 1.78. The van der Waals surface area contributed by atoms with Crippen molar-refractivity contribution in [1.82, 2.24) is 15.7 Å². The molecule has 1 atom stereocenters. The van der Waals surface area contributed by atoms with E-state index >= 15 is 0 Å². The van der Waals surface area contributed by atoms with Gasteiger partial charge in [0.1, 0.15) is 11.0 Å². The lowest BCUT2D eigenvalue weighted by Gasteiger charge is -2.08. The number of benzene rings is 2. The van der Waals surface area contributed by atoms with Gasteiger partial charge in [-0.05, 0) is 30.3 Å². The number of nitrogens with zero attached hydrogens (tertiary/aromatic N) is 1. The number of thiazole rings is 1. The van der Waals surface area contributed by atoms with Gasteiger partial charge in [0.15, 0.2) is 0 Å². The number of para-hydroxylation sites is 1. The van der Waals surface area contributed by atoms with Gasteiger partial charge in [0.25, 0.3) is 5.91 Å². The van der Waals surface area contributed by atoms with Crippen LogP contribution < -0.4 is 16.2 Å². The number of carbonyl (C=O) groups is 1. The predicted octanol–water partition coefficient (Wildman–Crippen LogP) is 2.68. The first kappa shape index (κ1) is 13.2. The quantitative estimate of drug-likeness (QED) is 0.681. The summed E-state index contributed by atoms with van der Waals surface area (Å²) >= 11 is 1.66. The molecule has 0 aliphatic carbocycles. The number of carbonyl (C=O) groups excluding carboxylic acids is 1. The maximum atomic E-state index is 11.8. The lowest BCUT2D eigenvalue weighted by Crippen LogP contribution is -2.20. The van der Waals surface area contributed by atoms with Crippen molar-refractivity contribution in [3.8, 4) is 0 Å². The molecule has 1 aromatic heterocycles. The lowest BCUT2D eigenvalue weighted by molar-refractivity contribution is 0.0963. The summed E-state index contributed by atoms with van der Waals surface area (Å²) < 4.78 is 1.16. The summed E-state index contributed by atoms with van der Waals surface area (Å²) in [6.45, 7) is 0. The second-order valence-electron chi connectivity index (χ2n) is 5.10. The summed E-state index contributed by atoms with van der Waals surface area (Å²) in [6, 6.07) is 13.7. The highest BCUT2D eigenvalue weighted by molar-refractivity contribution is 7.18. The molecule has 6 heteroatoms. The first-order chi connectivity index (χ1) is 10.8. The van der Waals surface area contributed by atoms with Gasteiger partial charge in [0.2, 0.25) is 0 Å². The van der Waals surface area contributed by atoms with Crippen molar-refractivity contribution in [1.29, 1.82) is 0 Å². The number of hydrazine groups is 1. The Bertz CT molecular complexity index is 840. The molecular weight excluding hydrogens is 296 g/mol. The fourth-order valence-electron chi connectivity index (χ4n) is 2.64. The summed E-state index contributed by atoms with van der Waals surface area (Å²) in [5.41, 5.74) is 10.1. The second-order valence-corrected chi connectivity index (χ2v) is 6.17. The van der Waals surface area contributed by atoms with E-state index in [1.165, 1.54) is 0 Å². The Hall–Kier alpha value is -2.44. The van der Waals surface area contributed by atoms with Gasteiger partial charge in [-0.2, -0.15) is 0 Å². The minimum absolute atomic E-state index is 0.0444. The van der Waals surface area contributed by atoms with Gasteiger partial charge < -0.3 is 10.7 Å². The first-order valence-corrected chi connectivity index (χ1v) is 7.81. The number of nitrogens with one attached hydrogen (secondary N) is 3. The monoisotopic (exact) mass is 310 g/mol. The van der Waals surface area contributed by atoms with Crippen molar-refractivity contribution in [2.45, 2.75) is 6.04 Å². The van der Waals surface area contributed by atoms with Crippen LogP contribution in [0.2, 0.25) is 0 Å². The molecule has 1 aliphatic rings. The van der Waals surface area contributed by atoms with Crippen molar-refractivity contribution in [3.05, 3.63) is 58.6 Å². The Labute approximate surface area is 131 Å². The molecule has 0 saturated heterocycles. The summed E-state index contributed by atoms with van der Waals surface area (Å²) in [4.78, 5) is 16.5. The Kier molecular flexibility index (Phi) is 3.06. The zero-order chi connectivity index (χ0) is 15.1. The van der Waals surface area contributed by atoms with Gasteiger partial charge in [-0.3, -0.25) is 4.79 Å². The topological polar surface area (TPSA) is 66.0 Å². The van der Waals surface area contributed by atoms with Gasteiger partial charge in [-0.1, -0.05) is 12.1 Å². The largest absolute Gasteiger partial charge is 0.355 e. The maximum Gasteiger partial charge on any atom is 0.251 e. The number of aromatic nitrogens is 1. The standard InChI is InChI=1S/C16H14N4OS/c1-17-15(21)9-6-7-11-10(8-9)14(20-19-11)16-18-12-4-2-3-5-13(12)22-16/h2-8,14,19-20H,1H3,(H,17,21). The molecule has 110 valence electrons. The number of anilines is 1. The Morgan fingerprint density at radius 2 is 2.14 bits per heavy atom. The minimum Gasteiger partial charge on any atom is -0.355 e. The van der Waals surface area contributed by atoms with Crippen LogP contribution in [0.5, 0.6) is 0 Å². The average Bonchev–Trinajstić information content (AvgIpc) is 3.16. The summed E-state index contributed by atoms with van der Waals surface area (Å²) in [7, 11) is 1.64. The number of hydrogen-bond donors (Lipinski definition) is 3. The molecule has 0 bridgehead atoms. The van der Waals surface area contributed by atoms with Gasteiger partial charge in [0, 0.05) is 18.2 Å². The third-order valence-electron chi connectivity index (χ3n) is 3.76. The molecule has 2 heterocycles. The van der Waals surface area contributed by atoms with E-state index in [9.17, 15) is 4.79 Å². The van der Waals surface area contributed by atoms with E-state index in [1.807, 2.05) is 36.4 Å². The normalized spacial score (nSPS) is 16.3. The van der Waals surface area contributed by atoms with E-state index < -0.39 is 0 Å². The van der Waals surface area contributed by atoms with Crippen LogP contribution in [-0.2, 0) is 0 Å². The predicted molar refractivity (Wildman–Crippen MR) is 88.1 cm³/mol. The van der Waals surface area contributed by atoms with E-state index in [0.717, 1.165) is 26.5 Å². The molecule has 22 heavy (non-hydrogen) atoms. The summed E-state index contributed by atoms with van der Waals surface area (Å²) in [5.74, 6) is -0.0854. The van der Waals surface area contributed by atoms with Crippen LogP contribution >= 0.6 is 11.3 Å². The molecule has 1 aliphatic heterocycles. The molecule has 3 aromatic rings. The van der Waals surface area contributed by atoms with Crippen LogP contribution in [0.1, 0.15) is 27.0 Å². The summed E-state index contributed by atoms with van der Waals surface area (Å²) in [5, 5.41) is 3.64. The van der Waals surface area contributed by atoms with Crippen LogP contribution in [0, 0.1) is 0 Å². The Morgan fingerprint density at radius 1 is 1.27 bits per heavy atom. The lowest BCUT2D eigenvalue weighted by atomic mass is 10.0. The smallest absolute Gasteiger partial charge is 0.251 e. The Morgan fingerprint density at radius 3 is 2.95 bits per heavy atom. The molecule has 0 fully saturated rings. The number of fused-ring (bicyclic) bond motifs is 2. The van der Waals surface area contributed by atoms with E-state index in [1.54, 1.807) is 18.4 Å². The van der Waals surface area contributed by atoms with Gasteiger partial charge >= 0.3 is 0 Å². The molecular formula is C16H14N4OS. The molecule has 0 radical (unpaired) electrons. The first-order valence-electron chi connectivity index (χ1n) is 6.99. The highest BCUT2D eigenvalue weighted by atomic mass is 32.1. The van der Waals surface area contributed by atoms with Gasteiger partial charge in [-0.15, -0.1) is 11.3 Å². The van der Waals surface area contributed by atoms with Crippen LogP contribution in [0.25, 0.3) is 10.2 Å². The van der Waals surface area contributed by atoms with Crippen molar-refractivity contribution >= 4 is 33.1 Å². The van der Waals surface area contributed by atoms with Crippen molar-refractivity contribution in [3.63, 3.8) is 0 Å². The van der Waals surface area contributed by atoms with Crippen LogP contribution in [0.15, 0.2) is 42.5 Å². The zero-order valence-corrected chi connectivity index (χ0v) is 12.7. The molecule has 0 spiro atoms. The van der Waals surface area contributed by atoms with E-state index in [-0.39, 0.29) is 11.9 Å². The fraction of sp³-hybridized carbons (Fsp3) is 0.125. The van der Waals surface area contributed by atoms with Crippen LogP contribution in [-0.4, -0.2) is 17.9 Å². The molecule has 3 N–H and O–H groups in total. The molecule has 1 amide bonds. The molecule has 0 saturated carbocycles. The third kappa shape index (κ3) is 2.04. The van der Waals surface area contributed by atoms with Crippen molar-refractivity contribution in [2.24, 2.45) is 0 Å². The molecule has 1 unspecified atom stereocenters. The van der Waals surface area contributed by atoms with E-state index in [4.69, 9.17) is 4.98 Å². The highest BCUT2D eigenvalue weighted by Crippen LogP contribution is 2.37. The third-order valence-corrected chi connectivity index (χ3v) is 4.86. The van der Waals surface area contributed by atoms with E-state index in [0.29, 0.717) is 5.56 Å². The van der Waals surface area contributed by atoms with Crippen LogP contribution in [0.3, 0.4) is 0 Å². The van der Waals surface area contributed by atoms with Crippen molar-refractivity contribution < 1.29 is 4.79 Å². The van der Waals surface area contributed by atoms with Gasteiger partial charge in [-0.25, -0.2) is 10.4 Å². The highest BCUT2D eigenvalue weighted by Gasteiger charge is 2.27. The summed E-state index contributed by atoms with van der Waals surface area (Å²) in [6.07, 6.45) is 0. The van der Waals surface area contributed by atoms with E-state index in [2.05, 4.69) is 22.2 Å². The number of amides is 1. The minimum atomic E-state index is -0.0854. The number of hydrogen-bond acceptors (Lipinski definition) is 5. The van der Waals surface area contributed by atoms with Gasteiger partial charge in [0.05, 0.1) is 15.9 Å². The van der Waals surface area contributed by atoms with Crippen LogP contribution in [0.4, 0.5) is 5.69 Å². The molecule has 4 rings (SSSR count).